The number of carbonyl (C=O) groups is 1. The summed E-state index contributed by atoms with van der Waals surface area (Å²) in [6.07, 6.45) is 3.41. The Morgan fingerprint density at radius 2 is 1.83 bits per heavy atom. The molecule has 3 rings (SSSR count). The molecule has 1 saturated carbocycles. The Morgan fingerprint density at radius 1 is 1.17 bits per heavy atom. The van der Waals surface area contributed by atoms with E-state index in [0.29, 0.717) is 11.3 Å². The lowest BCUT2D eigenvalue weighted by molar-refractivity contribution is -0.120. The molecule has 24 heavy (non-hydrogen) atoms. The van der Waals surface area contributed by atoms with E-state index in [9.17, 15) is 13.2 Å². The second-order valence-corrected chi connectivity index (χ2v) is 8.07. The first kappa shape index (κ1) is 19.2. The van der Waals surface area contributed by atoms with Crippen LogP contribution in [0, 0.1) is 12.8 Å². The summed E-state index contributed by atoms with van der Waals surface area (Å²) in [6.45, 7) is 3.45. The number of hydrogen-bond acceptors (Lipinski definition) is 4. The van der Waals surface area contributed by atoms with E-state index >= 15 is 0 Å². The number of carbonyl (C=O) groups excluding carboxylic acids is 1. The summed E-state index contributed by atoms with van der Waals surface area (Å²) in [6, 6.07) is 5.11. The number of amides is 1. The van der Waals surface area contributed by atoms with E-state index in [1.54, 1.807) is 25.1 Å². The quantitative estimate of drug-likeness (QED) is 0.734. The number of piperidine rings is 1. The van der Waals surface area contributed by atoms with Crippen LogP contribution in [0.2, 0.25) is 0 Å². The van der Waals surface area contributed by atoms with Crippen molar-refractivity contribution >= 4 is 34.0 Å². The summed E-state index contributed by atoms with van der Waals surface area (Å²) in [7, 11) is -3.52. The molecule has 0 spiro atoms. The highest BCUT2D eigenvalue weighted by Crippen LogP contribution is 2.26. The molecule has 134 valence electrons. The Morgan fingerprint density at radius 3 is 2.46 bits per heavy atom. The van der Waals surface area contributed by atoms with Crippen molar-refractivity contribution in [3.8, 4) is 0 Å². The molecule has 3 N–H and O–H groups in total. The summed E-state index contributed by atoms with van der Waals surface area (Å²) in [5.41, 5.74) is 1.22. The lowest BCUT2D eigenvalue weighted by Gasteiger charge is -2.22. The first-order chi connectivity index (χ1) is 11.0. The average Bonchev–Trinajstić information content (AvgIpc) is 3.33. The van der Waals surface area contributed by atoms with Crippen LogP contribution in [0.25, 0.3) is 0 Å². The zero-order chi connectivity index (χ0) is 16.4. The Bertz CT molecular complexity index is 699. The van der Waals surface area contributed by atoms with E-state index in [1.165, 1.54) is 0 Å². The molecule has 0 unspecified atom stereocenters. The fraction of sp³-hybridized carbons (Fsp3) is 0.562. The number of halogens is 1. The lowest BCUT2D eigenvalue weighted by atomic mass is 9.97. The molecule has 1 aromatic rings. The molecule has 1 aromatic carbocycles. The van der Waals surface area contributed by atoms with E-state index in [-0.39, 0.29) is 35.2 Å². The molecule has 0 aromatic heterocycles. The molecule has 1 amide bonds. The number of benzene rings is 1. The van der Waals surface area contributed by atoms with Gasteiger partial charge in [-0.25, -0.2) is 13.1 Å². The van der Waals surface area contributed by atoms with Crippen molar-refractivity contribution in [2.24, 2.45) is 5.92 Å². The third kappa shape index (κ3) is 4.69. The predicted octanol–water partition coefficient (Wildman–Crippen LogP) is 1.80. The number of rotatable bonds is 5. The van der Waals surface area contributed by atoms with Crippen molar-refractivity contribution in [1.82, 2.24) is 10.0 Å². The van der Waals surface area contributed by atoms with Gasteiger partial charge in [0.05, 0.1) is 4.90 Å². The van der Waals surface area contributed by atoms with Crippen LogP contribution in [0.1, 0.15) is 31.2 Å². The second-order valence-electron chi connectivity index (χ2n) is 6.39. The minimum atomic E-state index is -3.52. The van der Waals surface area contributed by atoms with Gasteiger partial charge in [-0.3, -0.25) is 4.79 Å². The van der Waals surface area contributed by atoms with E-state index in [0.717, 1.165) is 38.8 Å². The van der Waals surface area contributed by atoms with Gasteiger partial charge >= 0.3 is 0 Å². The van der Waals surface area contributed by atoms with Gasteiger partial charge in [-0.05, 0) is 63.4 Å². The van der Waals surface area contributed by atoms with Gasteiger partial charge in [0.1, 0.15) is 0 Å². The number of sulfonamides is 1. The first-order valence-corrected chi connectivity index (χ1v) is 9.58. The van der Waals surface area contributed by atoms with E-state index in [1.807, 2.05) is 0 Å². The summed E-state index contributed by atoms with van der Waals surface area (Å²) < 4.78 is 27.5. The molecule has 0 bridgehead atoms. The predicted molar refractivity (Wildman–Crippen MR) is 96.0 cm³/mol. The molecule has 8 heteroatoms. The number of anilines is 1. The third-order valence-electron chi connectivity index (χ3n) is 4.35. The minimum Gasteiger partial charge on any atom is -0.326 e. The minimum absolute atomic E-state index is 0. The Hall–Kier alpha value is -1.15. The van der Waals surface area contributed by atoms with Crippen LogP contribution in [0.3, 0.4) is 0 Å². The van der Waals surface area contributed by atoms with E-state index < -0.39 is 10.0 Å². The van der Waals surface area contributed by atoms with E-state index in [4.69, 9.17) is 0 Å². The maximum absolute atomic E-state index is 12.4. The maximum Gasteiger partial charge on any atom is 0.241 e. The first-order valence-electron chi connectivity index (χ1n) is 8.10. The highest BCUT2D eigenvalue weighted by molar-refractivity contribution is 7.89. The van der Waals surface area contributed by atoms with Gasteiger partial charge in [-0.2, -0.15) is 0 Å². The fourth-order valence-corrected chi connectivity index (χ4v) is 4.36. The van der Waals surface area contributed by atoms with Crippen LogP contribution in [-0.2, 0) is 14.8 Å². The Labute approximate surface area is 149 Å². The van der Waals surface area contributed by atoms with Gasteiger partial charge in [0, 0.05) is 17.6 Å². The standard InChI is InChI=1S/C16H23N3O3S.ClH/c1-11-2-3-14(18-16(20)12-6-8-17-9-7-12)10-15(11)23(21,22)19-13-4-5-13;/h2-3,10,12-13,17,19H,4-9H2,1H3,(H,18,20);1H. The second kappa shape index (κ2) is 7.82. The molecule has 1 aliphatic heterocycles. The Kier molecular flexibility index (Phi) is 6.25. The van der Waals surface area contributed by atoms with Gasteiger partial charge in [0.25, 0.3) is 0 Å². The van der Waals surface area contributed by atoms with Crippen molar-refractivity contribution in [2.45, 2.75) is 43.5 Å². The SMILES string of the molecule is Cc1ccc(NC(=O)C2CCNCC2)cc1S(=O)(=O)NC1CC1.Cl. The summed E-state index contributed by atoms with van der Waals surface area (Å²) in [4.78, 5) is 12.5. The molecule has 1 aliphatic carbocycles. The van der Waals surface area contributed by atoms with Gasteiger partial charge in [0.2, 0.25) is 15.9 Å². The highest BCUT2D eigenvalue weighted by atomic mass is 35.5. The van der Waals surface area contributed by atoms with Crippen LogP contribution in [0.4, 0.5) is 5.69 Å². The van der Waals surface area contributed by atoms with Gasteiger partial charge in [0.15, 0.2) is 0 Å². The Balaban J connectivity index is 0.00000208. The molecule has 2 fully saturated rings. The number of aryl methyl sites for hydroxylation is 1. The third-order valence-corrected chi connectivity index (χ3v) is 6.02. The largest absolute Gasteiger partial charge is 0.326 e. The molecule has 0 radical (unpaired) electrons. The van der Waals surface area contributed by atoms with Gasteiger partial charge in [-0.15, -0.1) is 12.4 Å². The average molecular weight is 374 g/mol. The maximum atomic E-state index is 12.4. The van der Waals surface area contributed by atoms with Crippen molar-refractivity contribution in [2.75, 3.05) is 18.4 Å². The van der Waals surface area contributed by atoms with Crippen LogP contribution < -0.4 is 15.4 Å². The monoisotopic (exact) mass is 373 g/mol. The van der Waals surface area contributed by atoms with Crippen LogP contribution >= 0.6 is 12.4 Å². The van der Waals surface area contributed by atoms with Crippen LogP contribution in [-0.4, -0.2) is 33.5 Å². The number of nitrogens with one attached hydrogen (secondary N) is 3. The van der Waals surface area contributed by atoms with Crippen molar-refractivity contribution in [1.29, 1.82) is 0 Å². The topological polar surface area (TPSA) is 87.3 Å². The molecular weight excluding hydrogens is 350 g/mol. The normalized spacial score (nSPS) is 18.7. The molecule has 1 saturated heterocycles. The molecule has 1 heterocycles. The molecule has 6 nitrogen and oxygen atoms in total. The molecule has 2 aliphatic rings. The van der Waals surface area contributed by atoms with Gasteiger partial charge < -0.3 is 10.6 Å². The summed E-state index contributed by atoms with van der Waals surface area (Å²) in [5.74, 6) is -0.0453. The van der Waals surface area contributed by atoms with Crippen molar-refractivity contribution in [3.05, 3.63) is 23.8 Å². The summed E-state index contributed by atoms with van der Waals surface area (Å²) >= 11 is 0. The smallest absolute Gasteiger partial charge is 0.241 e. The zero-order valence-corrected chi connectivity index (χ0v) is 15.3. The molecule has 0 atom stereocenters. The highest BCUT2D eigenvalue weighted by Gasteiger charge is 2.29. The number of hydrogen-bond donors (Lipinski definition) is 3. The van der Waals surface area contributed by atoms with Crippen LogP contribution in [0.5, 0.6) is 0 Å². The molecular formula is C16H24ClN3O3S. The zero-order valence-electron chi connectivity index (χ0n) is 13.7. The van der Waals surface area contributed by atoms with E-state index in [2.05, 4.69) is 15.4 Å². The van der Waals surface area contributed by atoms with Crippen LogP contribution in [0.15, 0.2) is 23.1 Å². The van der Waals surface area contributed by atoms with Gasteiger partial charge in [-0.1, -0.05) is 6.07 Å². The van der Waals surface area contributed by atoms with Crippen molar-refractivity contribution < 1.29 is 13.2 Å². The lowest BCUT2D eigenvalue weighted by Crippen LogP contribution is -2.34. The fourth-order valence-electron chi connectivity index (χ4n) is 2.78. The summed E-state index contributed by atoms with van der Waals surface area (Å²) in [5, 5.41) is 6.09. The van der Waals surface area contributed by atoms with Crippen molar-refractivity contribution in [3.63, 3.8) is 0 Å².